The number of oxazole rings is 2. The van der Waals surface area contributed by atoms with E-state index in [4.69, 9.17) is 36.5 Å². The van der Waals surface area contributed by atoms with Crippen LogP contribution in [0.4, 0.5) is 20.4 Å². The SMILES string of the molecule is CC1(C)OB(c2cnco2)OC1(C)C.CNc1ccc(-c2nc(=O)n(CCC3CCCO3)c3c2oc2c(F)cc(-c4cnco4)cc23)cn1.CNc1ccc(-c2nc(=O)n(CCC3CCCO3)c3c2oc2c(F)cc(Br)cc23)cn1. The maximum atomic E-state index is 15.3. The molecule has 2 aromatic carbocycles. The smallest absolute Gasteiger partial charge is 0.452 e. The summed E-state index contributed by atoms with van der Waals surface area (Å²) < 4.78 is 79.1. The monoisotopic (exact) mass is 1160 g/mol. The van der Waals surface area contributed by atoms with E-state index >= 15 is 4.39 Å². The highest BCUT2D eigenvalue weighted by Crippen LogP contribution is 2.40. The number of benzene rings is 2. The Kier molecular flexibility index (Phi) is 15.3. The Morgan fingerprint density at radius 2 is 1.16 bits per heavy atom. The third-order valence-corrected chi connectivity index (χ3v) is 15.3. The lowest BCUT2D eigenvalue weighted by molar-refractivity contribution is 0.00578. The number of anilines is 2. The second-order valence-corrected chi connectivity index (χ2v) is 21.4. The van der Waals surface area contributed by atoms with Gasteiger partial charge >= 0.3 is 18.5 Å². The van der Waals surface area contributed by atoms with Crippen LogP contribution in [-0.4, -0.2) is 96.9 Å². The van der Waals surface area contributed by atoms with Gasteiger partial charge < -0.3 is 47.1 Å². The van der Waals surface area contributed by atoms with Crippen molar-refractivity contribution in [3.8, 4) is 33.8 Å². The van der Waals surface area contributed by atoms with Gasteiger partial charge in [-0.3, -0.25) is 9.13 Å². The minimum Gasteiger partial charge on any atom is -0.452 e. The first kappa shape index (κ1) is 54.3. The van der Waals surface area contributed by atoms with Crippen molar-refractivity contribution in [2.24, 2.45) is 0 Å². The standard InChI is InChI=1S/C25H22FN5O4.C22H20BrFN4O3.C9H14BNO3/c1-27-20-5-4-14(11-29-20)21-24-22(31(25(32)30-21)7-6-16-3-2-8-33-16)17-9-15(19-12-28-13-34-19)10-18(26)23(17)35-24;1-25-17-5-4-12(11-26-17)18-21-19(15-9-13(23)10-16(24)20(15)31-21)28(22(29)27-18)7-6-14-3-2-8-30-14;1-8(2)9(3,4)14-10(13-8)7-5-11-6-12-7/h4-5,9-13,16H,2-3,6-8H2,1H3,(H,27,29);4-5,9-11,14H,2-3,6-8H2,1H3,(H,25,26);5-6H,1-4H3. The molecule has 0 aliphatic carbocycles. The molecule has 2 unspecified atom stereocenters. The van der Waals surface area contributed by atoms with E-state index in [0.717, 1.165) is 38.9 Å². The summed E-state index contributed by atoms with van der Waals surface area (Å²) in [5.41, 5.74) is 3.27. The van der Waals surface area contributed by atoms with Crippen LogP contribution in [0.2, 0.25) is 0 Å². The van der Waals surface area contributed by atoms with Crippen LogP contribution in [0.25, 0.3) is 78.0 Å². The van der Waals surface area contributed by atoms with Crippen LogP contribution in [0.5, 0.6) is 0 Å². The van der Waals surface area contributed by atoms with E-state index < -0.39 is 30.1 Å². The maximum absolute atomic E-state index is 15.3. The average Bonchev–Trinajstić information content (AvgIpc) is 4.48. The van der Waals surface area contributed by atoms with Gasteiger partial charge in [-0.1, -0.05) is 15.9 Å². The number of nitrogens with one attached hydrogen (secondary N) is 2. The molecule has 0 amide bonds. The Labute approximate surface area is 464 Å². The van der Waals surface area contributed by atoms with Gasteiger partial charge in [0.15, 0.2) is 58.2 Å². The molecule has 0 spiro atoms. The number of nitrogens with zero attached hydrogens (tertiary/aromatic N) is 8. The fourth-order valence-corrected chi connectivity index (χ4v) is 10.4. The molecule has 3 aliphatic heterocycles. The molecule has 80 heavy (non-hydrogen) atoms. The molecule has 11 heterocycles. The molecule has 0 bridgehead atoms. The van der Waals surface area contributed by atoms with E-state index in [9.17, 15) is 14.0 Å². The molecular weight excluding hydrogens is 1100 g/mol. The maximum Gasteiger partial charge on any atom is 0.534 e. The lowest BCUT2D eigenvalue weighted by Crippen LogP contribution is -2.41. The molecule has 3 fully saturated rings. The molecule has 2 atom stereocenters. The van der Waals surface area contributed by atoms with Crippen LogP contribution in [0.15, 0.2) is 118 Å². The van der Waals surface area contributed by atoms with Crippen molar-refractivity contribution >= 4 is 84.5 Å². The molecule has 0 radical (unpaired) electrons. The number of halogens is 3. The van der Waals surface area contributed by atoms with Crippen molar-refractivity contribution in [1.29, 1.82) is 0 Å². The summed E-state index contributed by atoms with van der Waals surface area (Å²) in [6, 6.07) is 13.3. The van der Waals surface area contributed by atoms with E-state index in [1.165, 1.54) is 31.1 Å². The van der Waals surface area contributed by atoms with E-state index in [0.29, 0.717) is 115 Å². The zero-order chi connectivity index (χ0) is 55.9. The fraction of sp³-hybridized carbons (Fsp3) is 0.357. The van der Waals surface area contributed by atoms with Crippen molar-refractivity contribution < 1.29 is 45.2 Å². The number of fused-ring (bicyclic) bond motifs is 6. The van der Waals surface area contributed by atoms with Crippen LogP contribution in [0, 0.1) is 11.6 Å². The Morgan fingerprint density at radius 1 is 0.650 bits per heavy atom. The highest BCUT2D eigenvalue weighted by atomic mass is 79.9. The van der Waals surface area contributed by atoms with Crippen molar-refractivity contribution in [2.75, 3.05) is 37.9 Å². The second kappa shape index (κ2) is 22.5. The van der Waals surface area contributed by atoms with Crippen LogP contribution in [0.1, 0.15) is 66.2 Å². The molecule has 20 nitrogen and oxygen atoms in total. The number of furan rings is 2. The lowest BCUT2D eigenvalue weighted by atomic mass is 9.87. The molecule has 3 saturated heterocycles. The van der Waals surface area contributed by atoms with Crippen LogP contribution >= 0.6 is 15.9 Å². The number of pyridine rings is 2. The largest absolute Gasteiger partial charge is 0.534 e. The highest BCUT2D eigenvalue weighted by molar-refractivity contribution is 9.10. The minimum absolute atomic E-state index is 0.0441. The molecule has 10 aromatic rings. The van der Waals surface area contributed by atoms with E-state index in [2.05, 4.69) is 56.5 Å². The molecule has 24 heteroatoms. The Bertz CT molecular complexity index is 3940. The molecule has 13 rings (SSSR count). The molecule has 414 valence electrons. The number of rotatable bonds is 12. The van der Waals surface area contributed by atoms with Crippen molar-refractivity contribution in [3.05, 3.63) is 123 Å². The predicted molar refractivity (Wildman–Crippen MR) is 300 cm³/mol. The van der Waals surface area contributed by atoms with E-state index in [1.807, 2.05) is 27.7 Å². The topological polar surface area (TPSA) is 235 Å². The molecule has 0 saturated carbocycles. The summed E-state index contributed by atoms with van der Waals surface area (Å²) in [5, 5.41) is 6.89. The van der Waals surface area contributed by atoms with Crippen molar-refractivity contribution in [2.45, 2.75) is 103 Å². The van der Waals surface area contributed by atoms with Crippen LogP contribution < -0.4 is 27.7 Å². The number of ether oxygens (including phenoxy) is 2. The third-order valence-electron chi connectivity index (χ3n) is 14.9. The minimum atomic E-state index is -0.571. The number of aryl methyl sites for hydroxylation is 2. The van der Waals surface area contributed by atoms with Crippen molar-refractivity contribution in [1.82, 2.24) is 39.0 Å². The van der Waals surface area contributed by atoms with Gasteiger partial charge in [0.25, 0.3) is 0 Å². The Hall–Kier alpha value is -7.64. The van der Waals surface area contributed by atoms with Gasteiger partial charge in [-0.25, -0.2) is 38.3 Å². The van der Waals surface area contributed by atoms with Crippen LogP contribution in [-0.2, 0) is 31.9 Å². The van der Waals surface area contributed by atoms with E-state index in [1.54, 1.807) is 78.2 Å². The summed E-state index contributed by atoms with van der Waals surface area (Å²) in [6.45, 7) is 10.3. The van der Waals surface area contributed by atoms with Crippen LogP contribution in [0.3, 0.4) is 0 Å². The van der Waals surface area contributed by atoms with Gasteiger partial charge in [0, 0.05) is 84.7 Å². The zero-order valence-corrected chi connectivity index (χ0v) is 46.3. The first-order chi connectivity index (χ1) is 38.6. The Balaban J connectivity index is 0.000000137. The second-order valence-electron chi connectivity index (χ2n) is 20.5. The van der Waals surface area contributed by atoms with E-state index in [-0.39, 0.29) is 34.6 Å². The normalized spacial score (nSPS) is 17.5. The lowest BCUT2D eigenvalue weighted by Gasteiger charge is -2.32. The summed E-state index contributed by atoms with van der Waals surface area (Å²) in [7, 11) is 3.10. The summed E-state index contributed by atoms with van der Waals surface area (Å²) in [4.78, 5) is 51.4. The van der Waals surface area contributed by atoms with Gasteiger partial charge in [0.05, 0.1) is 35.8 Å². The Morgan fingerprint density at radius 3 is 1.61 bits per heavy atom. The van der Waals surface area contributed by atoms with Gasteiger partial charge in [0.1, 0.15) is 34.1 Å². The molecule has 2 N–H and O–H groups in total. The fourth-order valence-electron chi connectivity index (χ4n) is 9.98. The number of hydrogen-bond acceptors (Lipinski definition) is 18. The highest BCUT2D eigenvalue weighted by Gasteiger charge is 2.53. The molecule has 8 aromatic heterocycles. The van der Waals surface area contributed by atoms with Gasteiger partial charge in [0.2, 0.25) is 0 Å². The first-order valence-corrected chi connectivity index (χ1v) is 27.0. The predicted octanol–water partition coefficient (Wildman–Crippen LogP) is 10.3. The summed E-state index contributed by atoms with van der Waals surface area (Å²) >= 11 is 3.35. The molecular formula is C56H56BBrF2N10O10. The average molecular weight is 1160 g/mol. The quantitative estimate of drug-likeness (QED) is 0.108. The zero-order valence-electron chi connectivity index (χ0n) is 44.7. The first-order valence-electron chi connectivity index (χ1n) is 26.2. The summed E-state index contributed by atoms with van der Waals surface area (Å²) in [5.74, 6) is 0.687. The van der Waals surface area contributed by atoms with Gasteiger partial charge in [-0.05, 0) is 115 Å². The number of hydrogen-bond donors (Lipinski definition) is 2. The number of aromatic nitrogens is 8. The third kappa shape index (κ3) is 10.8. The summed E-state index contributed by atoms with van der Waals surface area (Å²) in [6.07, 6.45) is 14.5. The van der Waals surface area contributed by atoms with Gasteiger partial charge in [-0.2, -0.15) is 9.97 Å². The van der Waals surface area contributed by atoms with Crippen molar-refractivity contribution in [3.63, 3.8) is 0 Å². The van der Waals surface area contributed by atoms with Gasteiger partial charge in [-0.15, -0.1) is 0 Å². The molecule has 3 aliphatic rings.